The summed E-state index contributed by atoms with van der Waals surface area (Å²) in [7, 11) is 2.17. The van der Waals surface area contributed by atoms with Gasteiger partial charge in [-0.1, -0.05) is 6.07 Å². The summed E-state index contributed by atoms with van der Waals surface area (Å²) < 4.78 is 5.66. The normalized spacial score (nSPS) is 16.2. The van der Waals surface area contributed by atoms with Gasteiger partial charge in [0.15, 0.2) is 0 Å². The molecule has 1 aliphatic rings. The second-order valence-electron chi connectivity index (χ2n) is 6.20. The Labute approximate surface area is 128 Å². The van der Waals surface area contributed by atoms with Gasteiger partial charge in [-0.25, -0.2) is 0 Å². The molecule has 0 spiro atoms. The third kappa shape index (κ3) is 6.04. The first-order chi connectivity index (χ1) is 10.0. The summed E-state index contributed by atoms with van der Waals surface area (Å²) in [5, 5.41) is 13.2. The molecule has 4 heteroatoms. The molecule has 0 radical (unpaired) electrons. The van der Waals surface area contributed by atoms with Crippen molar-refractivity contribution < 1.29 is 9.84 Å². The molecule has 1 unspecified atom stereocenters. The number of benzene rings is 1. The van der Waals surface area contributed by atoms with Crippen LogP contribution in [0.3, 0.4) is 0 Å². The zero-order valence-electron chi connectivity index (χ0n) is 13.4. The zero-order valence-corrected chi connectivity index (χ0v) is 13.4. The molecular formula is C17H28N2O2. The number of aryl methyl sites for hydroxylation is 2. The van der Waals surface area contributed by atoms with Crippen LogP contribution in [0.5, 0.6) is 5.75 Å². The predicted molar refractivity (Wildman–Crippen MR) is 85.9 cm³/mol. The molecule has 1 fully saturated rings. The number of aliphatic hydroxyl groups excluding tert-OH is 1. The van der Waals surface area contributed by atoms with Gasteiger partial charge in [-0.05, 0) is 57.0 Å². The lowest BCUT2D eigenvalue weighted by atomic mass is 10.1. The predicted octanol–water partition coefficient (Wildman–Crippen LogP) is 1.73. The van der Waals surface area contributed by atoms with Crippen molar-refractivity contribution in [1.29, 1.82) is 0 Å². The number of likely N-dealkylation sites (N-methyl/N-ethyl adjacent to an activating group) is 1. The molecule has 4 nitrogen and oxygen atoms in total. The smallest absolute Gasteiger partial charge is 0.119 e. The van der Waals surface area contributed by atoms with Crippen LogP contribution in [0, 0.1) is 13.8 Å². The van der Waals surface area contributed by atoms with Gasteiger partial charge >= 0.3 is 0 Å². The Morgan fingerprint density at radius 2 is 1.95 bits per heavy atom. The Bertz CT molecular complexity index is 426. The highest BCUT2D eigenvalue weighted by atomic mass is 16.5. The van der Waals surface area contributed by atoms with E-state index in [1.165, 1.54) is 24.0 Å². The number of aliphatic hydroxyl groups is 1. The fourth-order valence-corrected chi connectivity index (χ4v) is 2.49. The molecule has 0 saturated heterocycles. The third-order valence-corrected chi connectivity index (χ3v) is 3.83. The molecule has 0 aromatic heterocycles. The lowest BCUT2D eigenvalue weighted by Crippen LogP contribution is -2.36. The summed E-state index contributed by atoms with van der Waals surface area (Å²) in [4.78, 5) is 2.38. The monoisotopic (exact) mass is 292 g/mol. The number of nitrogens with one attached hydrogen (secondary N) is 1. The van der Waals surface area contributed by atoms with Crippen LogP contribution in [0.1, 0.15) is 24.0 Å². The molecule has 1 aromatic rings. The molecule has 0 bridgehead atoms. The lowest BCUT2D eigenvalue weighted by molar-refractivity contribution is 0.106. The molecule has 0 amide bonds. The topological polar surface area (TPSA) is 44.7 Å². The Hall–Kier alpha value is -1.10. The fraction of sp³-hybridized carbons (Fsp3) is 0.647. The minimum absolute atomic E-state index is 0.328. The van der Waals surface area contributed by atoms with E-state index in [9.17, 15) is 5.11 Å². The molecule has 1 aliphatic carbocycles. The van der Waals surface area contributed by atoms with Crippen LogP contribution in [0.4, 0.5) is 0 Å². The molecular weight excluding hydrogens is 264 g/mol. The maximum atomic E-state index is 9.93. The van der Waals surface area contributed by atoms with E-state index in [0.29, 0.717) is 13.2 Å². The summed E-state index contributed by atoms with van der Waals surface area (Å²) in [6, 6.07) is 6.90. The number of rotatable bonds is 9. The molecule has 1 aromatic carbocycles. The largest absolute Gasteiger partial charge is 0.491 e. The van der Waals surface area contributed by atoms with Gasteiger partial charge in [0.1, 0.15) is 18.5 Å². The van der Waals surface area contributed by atoms with Gasteiger partial charge in [0.25, 0.3) is 0 Å². The van der Waals surface area contributed by atoms with Crippen LogP contribution in [-0.4, -0.2) is 55.4 Å². The van der Waals surface area contributed by atoms with Crippen molar-refractivity contribution in [3.8, 4) is 5.75 Å². The van der Waals surface area contributed by atoms with E-state index >= 15 is 0 Å². The first-order valence-corrected chi connectivity index (χ1v) is 7.84. The number of hydrogen-bond donors (Lipinski definition) is 2. The summed E-state index contributed by atoms with van der Waals surface area (Å²) in [5.74, 6) is 0.833. The van der Waals surface area contributed by atoms with E-state index in [1.54, 1.807) is 0 Å². The van der Waals surface area contributed by atoms with Crippen LogP contribution in [0.2, 0.25) is 0 Å². The van der Waals surface area contributed by atoms with Crippen LogP contribution in [0.25, 0.3) is 0 Å². The number of ether oxygens (including phenoxy) is 1. The van der Waals surface area contributed by atoms with Crippen molar-refractivity contribution in [3.63, 3.8) is 0 Å². The van der Waals surface area contributed by atoms with Crippen LogP contribution >= 0.6 is 0 Å². The summed E-state index contributed by atoms with van der Waals surface area (Å²) in [6.45, 7) is 6.95. The zero-order chi connectivity index (χ0) is 15.2. The van der Waals surface area contributed by atoms with Crippen LogP contribution in [0.15, 0.2) is 18.2 Å². The summed E-state index contributed by atoms with van der Waals surface area (Å²) in [5.41, 5.74) is 2.36. The van der Waals surface area contributed by atoms with Gasteiger partial charge in [0, 0.05) is 25.7 Å². The SMILES string of the molecule is Cc1cc(C)cc(OCC(O)CNCCN(C)C2CC2)c1. The van der Waals surface area contributed by atoms with E-state index < -0.39 is 6.10 Å². The lowest BCUT2D eigenvalue weighted by Gasteiger charge is -2.17. The first-order valence-electron chi connectivity index (χ1n) is 7.84. The van der Waals surface area contributed by atoms with Gasteiger partial charge < -0.3 is 20.1 Å². The van der Waals surface area contributed by atoms with Crippen molar-refractivity contribution >= 4 is 0 Å². The quantitative estimate of drug-likeness (QED) is 0.680. The average Bonchev–Trinajstić information content (AvgIpc) is 3.24. The van der Waals surface area contributed by atoms with Crippen LogP contribution in [-0.2, 0) is 0 Å². The highest BCUT2D eigenvalue weighted by Crippen LogP contribution is 2.24. The molecule has 2 N–H and O–H groups in total. The Balaban J connectivity index is 1.59. The molecule has 1 saturated carbocycles. The standard InChI is InChI=1S/C17H28N2O2/c1-13-8-14(2)10-17(9-13)21-12-16(20)11-18-6-7-19(3)15-4-5-15/h8-10,15-16,18,20H,4-7,11-12H2,1-3H3. The highest BCUT2D eigenvalue weighted by Gasteiger charge is 2.25. The van der Waals surface area contributed by atoms with Crippen molar-refractivity contribution in [2.75, 3.05) is 33.3 Å². The second-order valence-corrected chi connectivity index (χ2v) is 6.20. The highest BCUT2D eigenvalue weighted by molar-refractivity contribution is 5.32. The van der Waals surface area contributed by atoms with E-state index in [2.05, 4.69) is 23.3 Å². The van der Waals surface area contributed by atoms with Gasteiger partial charge in [-0.3, -0.25) is 0 Å². The van der Waals surface area contributed by atoms with Crippen molar-refractivity contribution in [3.05, 3.63) is 29.3 Å². The van der Waals surface area contributed by atoms with E-state index in [4.69, 9.17) is 4.74 Å². The number of hydrogen-bond acceptors (Lipinski definition) is 4. The summed E-state index contributed by atoms with van der Waals surface area (Å²) >= 11 is 0. The van der Waals surface area contributed by atoms with E-state index in [1.807, 2.05) is 26.0 Å². The van der Waals surface area contributed by atoms with E-state index in [0.717, 1.165) is 24.9 Å². The molecule has 0 aliphatic heterocycles. The Morgan fingerprint density at radius 1 is 1.29 bits per heavy atom. The molecule has 2 rings (SSSR count). The summed E-state index contributed by atoms with van der Waals surface area (Å²) in [6.07, 6.45) is 2.20. The van der Waals surface area contributed by atoms with Crippen molar-refractivity contribution in [1.82, 2.24) is 10.2 Å². The second kappa shape index (κ2) is 7.78. The first kappa shape index (κ1) is 16.3. The minimum Gasteiger partial charge on any atom is -0.491 e. The van der Waals surface area contributed by atoms with Gasteiger partial charge in [0.05, 0.1) is 0 Å². The maximum absolute atomic E-state index is 9.93. The molecule has 0 heterocycles. The maximum Gasteiger partial charge on any atom is 0.119 e. The van der Waals surface area contributed by atoms with Gasteiger partial charge in [-0.2, -0.15) is 0 Å². The van der Waals surface area contributed by atoms with Crippen molar-refractivity contribution in [2.45, 2.75) is 38.8 Å². The Kier molecular flexibility index (Phi) is 6.03. The molecule has 118 valence electrons. The fourth-order valence-electron chi connectivity index (χ4n) is 2.49. The average molecular weight is 292 g/mol. The van der Waals surface area contributed by atoms with Crippen molar-refractivity contribution in [2.24, 2.45) is 0 Å². The minimum atomic E-state index is -0.475. The number of nitrogens with zero attached hydrogens (tertiary/aromatic N) is 1. The Morgan fingerprint density at radius 3 is 2.57 bits per heavy atom. The van der Waals surface area contributed by atoms with E-state index in [-0.39, 0.29) is 0 Å². The molecule has 1 atom stereocenters. The van der Waals surface area contributed by atoms with Crippen LogP contribution < -0.4 is 10.1 Å². The third-order valence-electron chi connectivity index (χ3n) is 3.83. The molecule has 21 heavy (non-hydrogen) atoms. The van der Waals surface area contributed by atoms with Gasteiger partial charge in [-0.15, -0.1) is 0 Å². The van der Waals surface area contributed by atoms with Gasteiger partial charge in [0.2, 0.25) is 0 Å².